The van der Waals surface area contributed by atoms with Crippen molar-refractivity contribution < 1.29 is 17.6 Å². The summed E-state index contributed by atoms with van der Waals surface area (Å²) >= 11 is 0. The van der Waals surface area contributed by atoms with Crippen molar-refractivity contribution in [3.8, 4) is 0 Å². The Hall–Kier alpha value is -2.29. The van der Waals surface area contributed by atoms with E-state index in [9.17, 15) is 17.6 Å². The molecule has 1 amide bonds. The van der Waals surface area contributed by atoms with Crippen molar-refractivity contribution in [1.29, 1.82) is 0 Å². The van der Waals surface area contributed by atoms with Crippen LogP contribution in [0.2, 0.25) is 0 Å². The molecule has 2 rings (SSSR count). The fourth-order valence-electron chi connectivity index (χ4n) is 3.62. The van der Waals surface area contributed by atoms with Crippen LogP contribution >= 0.6 is 0 Å². The van der Waals surface area contributed by atoms with Gasteiger partial charge in [-0.25, -0.2) is 17.5 Å². The zero-order valence-corrected chi connectivity index (χ0v) is 19.4. The summed E-state index contributed by atoms with van der Waals surface area (Å²) in [4.78, 5) is 12.7. The first-order valence-electron chi connectivity index (χ1n) is 10.4. The lowest BCUT2D eigenvalue weighted by Gasteiger charge is -2.28. The Bertz CT molecular complexity index is 993. The molecular weight excluding hydrogens is 417 g/mol. The number of sulfonamides is 1. The van der Waals surface area contributed by atoms with Crippen LogP contribution in [-0.2, 0) is 10.0 Å². The predicted octanol–water partition coefficient (Wildman–Crippen LogP) is 3.54. The van der Waals surface area contributed by atoms with Gasteiger partial charge in [-0.05, 0) is 101 Å². The highest BCUT2D eigenvalue weighted by molar-refractivity contribution is 7.93. The average Bonchev–Trinajstić information content (AvgIpc) is 2.71. The standard InChI is InChI=1S/C23H32FN3O3S/c1-6-22(26-23(28)21-8-7-20(24)14-15(21)2)16(3)13-17(4)31(29,30)27-18(5)19-9-11-25-12-10-19/h6-8,13-14,18-19,25,27H,1,9-12H2,2-5H3,(H,26,28)/b17-13+,22-16+/t18-/m1/s1. The van der Waals surface area contributed by atoms with Crippen molar-refractivity contribution >= 4 is 15.9 Å². The van der Waals surface area contributed by atoms with Gasteiger partial charge < -0.3 is 10.6 Å². The number of allylic oxidation sites excluding steroid dienone is 4. The second kappa shape index (κ2) is 10.8. The Labute approximate surface area is 184 Å². The molecule has 1 fully saturated rings. The van der Waals surface area contributed by atoms with E-state index < -0.39 is 21.7 Å². The molecule has 0 saturated carbocycles. The van der Waals surface area contributed by atoms with Gasteiger partial charge in [0.1, 0.15) is 5.82 Å². The molecular formula is C23H32FN3O3S. The number of piperidine rings is 1. The maximum atomic E-state index is 13.3. The molecule has 3 N–H and O–H groups in total. The lowest BCUT2D eigenvalue weighted by molar-refractivity contribution is 0.0966. The van der Waals surface area contributed by atoms with Crippen molar-refractivity contribution in [3.05, 3.63) is 70.0 Å². The van der Waals surface area contributed by atoms with Crippen LogP contribution in [0.5, 0.6) is 0 Å². The Kier molecular flexibility index (Phi) is 8.73. The maximum absolute atomic E-state index is 13.3. The molecule has 0 unspecified atom stereocenters. The third kappa shape index (κ3) is 6.85. The van der Waals surface area contributed by atoms with Gasteiger partial charge in [-0.1, -0.05) is 6.58 Å². The Morgan fingerprint density at radius 2 is 1.94 bits per heavy atom. The highest BCUT2D eigenvalue weighted by atomic mass is 32.2. The van der Waals surface area contributed by atoms with Gasteiger partial charge in [0.05, 0.1) is 4.91 Å². The van der Waals surface area contributed by atoms with Gasteiger partial charge >= 0.3 is 0 Å². The number of hydrogen-bond acceptors (Lipinski definition) is 4. The van der Waals surface area contributed by atoms with E-state index in [2.05, 4.69) is 21.9 Å². The fraction of sp³-hybridized carbons (Fsp3) is 0.435. The number of benzene rings is 1. The second-order valence-electron chi connectivity index (χ2n) is 7.97. The minimum atomic E-state index is -3.67. The summed E-state index contributed by atoms with van der Waals surface area (Å²) in [5, 5.41) is 6.00. The normalized spacial score (nSPS) is 17.6. The third-order valence-electron chi connectivity index (χ3n) is 5.59. The molecule has 0 bridgehead atoms. The van der Waals surface area contributed by atoms with E-state index in [4.69, 9.17) is 0 Å². The quantitative estimate of drug-likeness (QED) is 0.530. The van der Waals surface area contributed by atoms with Crippen LogP contribution in [0.3, 0.4) is 0 Å². The molecule has 6 nitrogen and oxygen atoms in total. The Morgan fingerprint density at radius 1 is 1.29 bits per heavy atom. The van der Waals surface area contributed by atoms with E-state index >= 15 is 0 Å². The first-order valence-corrected chi connectivity index (χ1v) is 11.9. The van der Waals surface area contributed by atoms with Crippen LogP contribution in [0.1, 0.15) is 49.5 Å². The van der Waals surface area contributed by atoms with Gasteiger partial charge in [-0.2, -0.15) is 0 Å². The van der Waals surface area contributed by atoms with Crippen molar-refractivity contribution in [3.63, 3.8) is 0 Å². The Balaban J connectivity index is 2.17. The van der Waals surface area contributed by atoms with E-state index in [0.29, 0.717) is 28.3 Å². The summed E-state index contributed by atoms with van der Waals surface area (Å²) in [5.74, 6) is -0.541. The molecule has 0 aliphatic carbocycles. The van der Waals surface area contributed by atoms with Gasteiger partial charge in [0.15, 0.2) is 0 Å². The summed E-state index contributed by atoms with van der Waals surface area (Å²) in [7, 11) is -3.67. The fourth-order valence-corrected chi connectivity index (χ4v) is 4.82. The van der Waals surface area contributed by atoms with Crippen molar-refractivity contribution in [2.75, 3.05) is 13.1 Å². The van der Waals surface area contributed by atoms with E-state index in [1.54, 1.807) is 13.8 Å². The molecule has 170 valence electrons. The molecule has 31 heavy (non-hydrogen) atoms. The lowest BCUT2D eigenvalue weighted by Crippen LogP contribution is -2.42. The molecule has 0 radical (unpaired) electrons. The summed E-state index contributed by atoms with van der Waals surface area (Å²) in [5.41, 5.74) is 1.76. The molecule has 1 heterocycles. The number of amides is 1. The van der Waals surface area contributed by atoms with E-state index in [0.717, 1.165) is 25.9 Å². The maximum Gasteiger partial charge on any atom is 0.255 e. The molecule has 0 spiro atoms. The Morgan fingerprint density at radius 3 is 2.52 bits per heavy atom. The van der Waals surface area contributed by atoms with Gasteiger partial charge in [-0.3, -0.25) is 4.79 Å². The van der Waals surface area contributed by atoms with Crippen molar-refractivity contribution in [2.45, 2.75) is 46.6 Å². The van der Waals surface area contributed by atoms with Gasteiger partial charge in [0.25, 0.3) is 5.91 Å². The number of halogens is 1. The highest BCUT2D eigenvalue weighted by Gasteiger charge is 2.25. The number of rotatable bonds is 8. The minimum absolute atomic E-state index is 0.150. The molecule has 1 aliphatic rings. The highest BCUT2D eigenvalue weighted by Crippen LogP contribution is 2.19. The number of nitrogens with one attached hydrogen (secondary N) is 3. The summed E-state index contributed by atoms with van der Waals surface area (Å²) in [6.45, 7) is 12.3. The first kappa shape index (κ1) is 25.0. The van der Waals surface area contributed by atoms with Crippen molar-refractivity contribution in [1.82, 2.24) is 15.4 Å². The SMILES string of the molecule is C=C/C(NC(=O)c1ccc(F)cc1C)=C(C)\C=C(/C)S(=O)(=O)N[C@H](C)C1CCNCC1. The zero-order chi connectivity index (χ0) is 23.2. The monoisotopic (exact) mass is 449 g/mol. The first-order chi connectivity index (χ1) is 14.5. The van der Waals surface area contributed by atoms with E-state index in [-0.39, 0.29) is 10.9 Å². The number of carbonyl (C=O) groups is 1. The van der Waals surface area contributed by atoms with Crippen LogP contribution in [0.4, 0.5) is 4.39 Å². The molecule has 1 aromatic rings. The molecule has 0 aromatic heterocycles. The number of carbonyl (C=O) groups excluding carboxylic acids is 1. The van der Waals surface area contributed by atoms with Crippen LogP contribution in [0, 0.1) is 18.7 Å². The summed E-state index contributed by atoms with van der Waals surface area (Å²) in [6.07, 6.45) is 4.82. The molecule has 1 aliphatic heterocycles. The van der Waals surface area contributed by atoms with Gasteiger partial charge in [0, 0.05) is 17.3 Å². The summed E-state index contributed by atoms with van der Waals surface area (Å²) in [6, 6.07) is 3.75. The average molecular weight is 450 g/mol. The van der Waals surface area contributed by atoms with Crippen LogP contribution in [-0.4, -0.2) is 33.5 Å². The molecule has 1 atom stereocenters. The minimum Gasteiger partial charge on any atom is -0.322 e. The topological polar surface area (TPSA) is 87.3 Å². The smallest absolute Gasteiger partial charge is 0.255 e. The van der Waals surface area contributed by atoms with Gasteiger partial charge in [-0.15, -0.1) is 0 Å². The second-order valence-corrected chi connectivity index (χ2v) is 9.85. The molecule has 1 aromatic carbocycles. The van der Waals surface area contributed by atoms with Crippen LogP contribution in [0.25, 0.3) is 0 Å². The van der Waals surface area contributed by atoms with E-state index in [1.165, 1.54) is 37.3 Å². The van der Waals surface area contributed by atoms with Crippen molar-refractivity contribution in [2.24, 2.45) is 5.92 Å². The predicted molar refractivity (Wildman–Crippen MR) is 122 cm³/mol. The largest absolute Gasteiger partial charge is 0.322 e. The summed E-state index contributed by atoms with van der Waals surface area (Å²) < 4.78 is 41.6. The number of hydrogen-bond donors (Lipinski definition) is 3. The zero-order valence-electron chi connectivity index (χ0n) is 18.6. The van der Waals surface area contributed by atoms with E-state index in [1.807, 2.05) is 6.92 Å². The molecule has 8 heteroatoms. The van der Waals surface area contributed by atoms with Crippen LogP contribution in [0.15, 0.2) is 53.1 Å². The lowest BCUT2D eigenvalue weighted by atomic mass is 9.92. The number of aryl methyl sites for hydroxylation is 1. The third-order valence-corrected chi connectivity index (χ3v) is 7.23. The van der Waals surface area contributed by atoms with Gasteiger partial charge in [0.2, 0.25) is 10.0 Å². The van der Waals surface area contributed by atoms with Crippen LogP contribution < -0.4 is 15.4 Å². The molecule has 1 saturated heterocycles.